The number of halogens is 4. The fourth-order valence-corrected chi connectivity index (χ4v) is 5.53. The van der Waals surface area contributed by atoms with E-state index in [9.17, 15) is 23.1 Å². The zero-order valence-electron chi connectivity index (χ0n) is 23.3. The van der Waals surface area contributed by atoms with Crippen LogP contribution < -0.4 is 20.1 Å². The van der Waals surface area contributed by atoms with Crippen LogP contribution in [0.1, 0.15) is 58.1 Å². The molecule has 1 aliphatic heterocycles. The number of likely N-dealkylation sites (tertiary alicyclic amines) is 1. The first-order chi connectivity index (χ1) is 19.9. The Labute approximate surface area is 246 Å². The highest BCUT2D eigenvalue weighted by Gasteiger charge is 2.37. The first-order valence-corrected chi connectivity index (χ1v) is 13.9. The number of methoxy groups -OCH3 is 1. The smallest absolute Gasteiger partial charge is 0.423 e. The number of alkyl halides is 3. The second-order valence-electron chi connectivity index (χ2n) is 10.5. The number of Topliss-reactive ketones (excluding diaryl/α,β-unsaturated/α-hetero) is 1. The lowest BCUT2D eigenvalue weighted by atomic mass is 10.0. The Hall–Kier alpha value is -3.45. The highest BCUT2D eigenvalue weighted by Crippen LogP contribution is 2.41. The average molecular weight is 606 g/mol. The molecule has 2 aliphatic rings. The molecule has 13 heteroatoms. The largest absolute Gasteiger partial charge is 0.495 e. The Morgan fingerprint density at radius 2 is 1.90 bits per heavy atom. The predicted molar refractivity (Wildman–Crippen MR) is 151 cm³/mol. The quantitative estimate of drug-likeness (QED) is 0.274. The van der Waals surface area contributed by atoms with Gasteiger partial charge in [0.1, 0.15) is 23.3 Å². The summed E-state index contributed by atoms with van der Waals surface area (Å²) in [5, 5.41) is 17.1. The van der Waals surface area contributed by atoms with Gasteiger partial charge in [0.05, 0.1) is 23.4 Å². The van der Waals surface area contributed by atoms with Crippen LogP contribution in [-0.2, 0) is 12.6 Å². The molecular weight excluding hydrogens is 575 g/mol. The number of aliphatic hydroxyl groups excluding tert-OH is 1. The minimum absolute atomic E-state index is 0.00401. The molecule has 1 unspecified atom stereocenters. The average Bonchev–Trinajstić information content (AvgIpc) is 3.33. The summed E-state index contributed by atoms with van der Waals surface area (Å²) >= 11 is 6.51. The fraction of sp³-hybridized carbons (Fsp3) is 0.414. The number of aliphatic hydroxyl groups is 1. The van der Waals surface area contributed by atoms with Crippen LogP contribution >= 0.6 is 11.6 Å². The molecule has 0 saturated carbocycles. The Morgan fingerprint density at radius 1 is 1.17 bits per heavy atom. The standard InChI is InChI=1S/C29H31ClF3N5O4/c1-15-4-7-23(25-17(15)5-6-22(25)39)42-27-19(29(31,32)33)14-34-28(37-27)36-21-13-20(30)18(12-24(21)41-3)26(40)35-16-8-10-38(2)11-9-16/h4,7,12-14,16,26,35,40H,5-6,8-11H2,1-3H3,(H,34,36,37). The summed E-state index contributed by atoms with van der Waals surface area (Å²) in [7, 11) is 3.46. The molecule has 1 aliphatic carbocycles. The minimum atomic E-state index is -4.81. The molecule has 2 aromatic carbocycles. The molecule has 42 heavy (non-hydrogen) atoms. The summed E-state index contributed by atoms with van der Waals surface area (Å²) in [5.74, 6) is -0.919. The van der Waals surface area contributed by atoms with Crippen molar-refractivity contribution in [2.75, 3.05) is 32.6 Å². The van der Waals surface area contributed by atoms with E-state index in [1.165, 1.54) is 19.2 Å². The molecule has 0 amide bonds. The minimum Gasteiger partial charge on any atom is -0.495 e. The lowest BCUT2D eigenvalue weighted by Gasteiger charge is -2.31. The van der Waals surface area contributed by atoms with Crippen molar-refractivity contribution < 1.29 is 32.5 Å². The number of anilines is 2. The fourth-order valence-electron chi connectivity index (χ4n) is 5.26. The lowest BCUT2D eigenvalue weighted by molar-refractivity contribution is -0.139. The zero-order chi connectivity index (χ0) is 30.2. The van der Waals surface area contributed by atoms with Gasteiger partial charge in [0.25, 0.3) is 0 Å². The Morgan fingerprint density at radius 3 is 2.60 bits per heavy atom. The van der Waals surface area contributed by atoms with E-state index in [0.29, 0.717) is 18.2 Å². The molecule has 0 spiro atoms. The molecule has 0 radical (unpaired) electrons. The highest BCUT2D eigenvalue weighted by atomic mass is 35.5. The van der Waals surface area contributed by atoms with E-state index < -0.39 is 23.8 Å². The van der Waals surface area contributed by atoms with Crippen molar-refractivity contribution in [2.24, 2.45) is 0 Å². The molecule has 1 atom stereocenters. The molecule has 5 rings (SSSR count). The van der Waals surface area contributed by atoms with Crippen molar-refractivity contribution in [3.05, 3.63) is 63.3 Å². The number of benzene rings is 2. The van der Waals surface area contributed by atoms with Gasteiger partial charge in [-0.05, 0) is 75.6 Å². The Bertz CT molecular complexity index is 1500. The third-order valence-corrected chi connectivity index (χ3v) is 7.95. The number of aryl methyl sites for hydroxylation is 1. The summed E-state index contributed by atoms with van der Waals surface area (Å²) in [6.45, 7) is 3.65. The molecule has 0 bridgehead atoms. The topological polar surface area (TPSA) is 109 Å². The molecule has 1 fully saturated rings. The number of ketones is 1. The van der Waals surface area contributed by atoms with Gasteiger partial charge >= 0.3 is 6.18 Å². The van der Waals surface area contributed by atoms with Crippen LogP contribution in [0.3, 0.4) is 0 Å². The van der Waals surface area contributed by atoms with Gasteiger partial charge in [0.2, 0.25) is 11.8 Å². The maximum absolute atomic E-state index is 13.9. The van der Waals surface area contributed by atoms with E-state index in [2.05, 4.69) is 25.5 Å². The van der Waals surface area contributed by atoms with Crippen LogP contribution in [0.4, 0.5) is 24.8 Å². The Balaban J connectivity index is 1.42. The Kier molecular flexibility index (Phi) is 8.61. The second kappa shape index (κ2) is 12.0. The highest BCUT2D eigenvalue weighted by molar-refractivity contribution is 6.31. The number of carbonyl (C=O) groups is 1. The van der Waals surface area contributed by atoms with Crippen molar-refractivity contribution in [2.45, 2.75) is 51.1 Å². The van der Waals surface area contributed by atoms with E-state index in [-0.39, 0.29) is 52.0 Å². The van der Waals surface area contributed by atoms with Gasteiger partial charge in [-0.25, -0.2) is 4.98 Å². The number of carbonyl (C=O) groups excluding carboxylic acids is 1. The van der Waals surface area contributed by atoms with Crippen molar-refractivity contribution in [3.8, 4) is 17.4 Å². The third kappa shape index (κ3) is 6.31. The summed E-state index contributed by atoms with van der Waals surface area (Å²) in [5.41, 5.74) is 1.33. The number of nitrogens with zero attached hydrogens (tertiary/aromatic N) is 3. The van der Waals surface area contributed by atoms with Gasteiger partial charge in [0.15, 0.2) is 5.78 Å². The van der Waals surface area contributed by atoms with E-state index in [0.717, 1.165) is 37.1 Å². The van der Waals surface area contributed by atoms with Crippen molar-refractivity contribution in [1.82, 2.24) is 20.2 Å². The van der Waals surface area contributed by atoms with Gasteiger partial charge in [-0.2, -0.15) is 18.2 Å². The number of rotatable bonds is 8. The predicted octanol–water partition coefficient (Wildman–Crippen LogP) is 5.81. The van der Waals surface area contributed by atoms with Crippen molar-refractivity contribution >= 4 is 29.0 Å². The van der Waals surface area contributed by atoms with Gasteiger partial charge in [0, 0.05) is 24.2 Å². The van der Waals surface area contributed by atoms with E-state index in [1.54, 1.807) is 12.1 Å². The van der Waals surface area contributed by atoms with Gasteiger partial charge in [-0.3, -0.25) is 10.1 Å². The maximum atomic E-state index is 13.9. The SMILES string of the molecule is COc1cc(C(O)NC2CCN(C)CC2)c(Cl)cc1Nc1ncc(C(F)(F)F)c(Oc2ccc(C)c3c2C(=O)CC3)n1. The molecule has 1 aromatic heterocycles. The van der Waals surface area contributed by atoms with Crippen LogP contribution in [0.25, 0.3) is 0 Å². The molecule has 3 aromatic rings. The normalized spacial score (nSPS) is 16.8. The zero-order valence-corrected chi connectivity index (χ0v) is 24.1. The number of piperidine rings is 1. The van der Waals surface area contributed by atoms with Gasteiger partial charge < -0.3 is 24.8 Å². The summed E-state index contributed by atoms with van der Waals surface area (Å²) in [6, 6.07) is 6.30. The second-order valence-corrected chi connectivity index (χ2v) is 10.9. The maximum Gasteiger partial charge on any atom is 0.423 e. The van der Waals surface area contributed by atoms with Crippen LogP contribution in [0.5, 0.6) is 17.4 Å². The number of nitrogens with one attached hydrogen (secondary N) is 2. The number of fused-ring (bicyclic) bond motifs is 1. The van der Waals surface area contributed by atoms with Crippen LogP contribution in [-0.4, -0.2) is 59.0 Å². The van der Waals surface area contributed by atoms with Crippen LogP contribution in [0.15, 0.2) is 30.5 Å². The summed E-state index contributed by atoms with van der Waals surface area (Å²) in [4.78, 5) is 22.6. The van der Waals surface area contributed by atoms with E-state index >= 15 is 0 Å². The number of aromatic nitrogens is 2. The van der Waals surface area contributed by atoms with Gasteiger partial charge in [-0.15, -0.1) is 0 Å². The van der Waals surface area contributed by atoms with Gasteiger partial charge in [-0.1, -0.05) is 17.7 Å². The molecular formula is C29H31ClF3N5O4. The molecule has 224 valence electrons. The number of hydrogen-bond acceptors (Lipinski definition) is 9. The van der Waals surface area contributed by atoms with E-state index in [4.69, 9.17) is 21.1 Å². The molecule has 2 heterocycles. The number of ether oxygens (including phenoxy) is 2. The first-order valence-electron chi connectivity index (χ1n) is 13.5. The first kappa shape index (κ1) is 30.0. The third-order valence-electron chi connectivity index (χ3n) is 7.63. The van der Waals surface area contributed by atoms with Crippen molar-refractivity contribution in [3.63, 3.8) is 0 Å². The lowest BCUT2D eigenvalue weighted by Crippen LogP contribution is -2.42. The van der Waals surface area contributed by atoms with E-state index in [1.807, 2.05) is 14.0 Å². The summed E-state index contributed by atoms with van der Waals surface area (Å²) in [6.07, 6.45) is -2.76. The molecule has 3 N–H and O–H groups in total. The summed E-state index contributed by atoms with van der Waals surface area (Å²) < 4.78 is 52.8. The van der Waals surface area contributed by atoms with Crippen molar-refractivity contribution in [1.29, 1.82) is 0 Å². The molecule has 9 nitrogen and oxygen atoms in total. The van der Waals surface area contributed by atoms with Crippen LogP contribution in [0.2, 0.25) is 5.02 Å². The van der Waals surface area contributed by atoms with Crippen LogP contribution in [0, 0.1) is 6.92 Å². The monoisotopic (exact) mass is 605 g/mol. The molecule has 1 saturated heterocycles. The number of hydrogen-bond donors (Lipinski definition) is 3.